The van der Waals surface area contributed by atoms with Crippen molar-refractivity contribution in [2.75, 3.05) is 26.5 Å². The zero-order valence-corrected chi connectivity index (χ0v) is 6.86. The fraction of sp³-hybridized carbons (Fsp3) is 0.714. The highest BCUT2D eigenvalue weighted by Gasteiger charge is 1.80. The van der Waals surface area contributed by atoms with Crippen LogP contribution in [0.15, 0.2) is 12.2 Å². The van der Waals surface area contributed by atoms with Gasteiger partial charge in [0.15, 0.2) is 0 Å². The van der Waals surface area contributed by atoms with Crippen molar-refractivity contribution in [1.29, 1.82) is 0 Å². The summed E-state index contributed by atoms with van der Waals surface area (Å²) in [5, 5.41) is 0. The lowest BCUT2D eigenvalue weighted by Crippen LogP contribution is -2.10. The van der Waals surface area contributed by atoms with E-state index in [1.54, 1.807) is 0 Å². The fourth-order valence-corrected chi connectivity index (χ4v) is 0.592. The van der Waals surface area contributed by atoms with Crippen molar-refractivity contribution < 1.29 is 0 Å². The lowest BCUT2D eigenvalue weighted by molar-refractivity contribution is 0.456. The maximum Gasteiger partial charge on any atom is 0.0258 e. The maximum absolute atomic E-state index is 5.45. The van der Waals surface area contributed by atoms with Gasteiger partial charge in [0.2, 0.25) is 0 Å². The van der Waals surface area contributed by atoms with Crippen LogP contribution in [0.4, 0.5) is 0 Å². The van der Waals surface area contributed by atoms with Gasteiger partial charge in [-0.25, -0.2) is 0 Å². The standard InChI is InChI=1S/C7H14ClN/c1-9(2)7-5-3-4-6-8/h3,5H,4,6-7H2,1-2H3/b5-3+. The van der Waals surface area contributed by atoms with Crippen LogP contribution in [0.1, 0.15) is 6.42 Å². The lowest BCUT2D eigenvalue weighted by Gasteiger charge is -2.02. The van der Waals surface area contributed by atoms with Crippen LogP contribution in [-0.4, -0.2) is 31.4 Å². The van der Waals surface area contributed by atoms with Crippen molar-refractivity contribution in [1.82, 2.24) is 4.90 Å². The van der Waals surface area contributed by atoms with Crippen molar-refractivity contribution in [2.45, 2.75) is 6.42 Å². The van der Waals surface area contributed by atoms with Crippen molar-refractivity contribution in [3.05, 3.63) is 12.2 Å². The van der Waals surface area contributed by atoms with Crippen LogP contribution in [0.2, 0.25) is 0 Å². The second kappa shape index (κ2) is 6.12. The van der Waals surface area contributed by atoms with Crippen LogP contribution in [0.5, 0.6) is 0 Å². The van der Waals surface area contributed by atoms with Crippen molar-refractivity contribution in [2.24, 2.45) is 0 Å². The fourth-order valence-electron chi connectivity index (χ4n) is 0.466. The van der Waals surface area contributed by atoms with Gasteiger partial charge in [-0.3, -0.25) is 0 Å². The van der Waals surface area contributed by atoms with E-state index in [1.807, 2.05) is 14.1 Å². The summed E-state index contributed by atoms with van der Waals surface area (Å²) in [4.78, 5) is 2.12. The average molecular weight is 148 g/mol. The van der Waals surface area contributed by atoms with Crippen molar-refractivity contribution in [3.63, 3.8) is 0 Å². The molecular formula is C7H14ClN. The number of hydrogen-bond acceptors (Lipinski definition) is 1. The second-order valence-corrected chi connectivity index (χ2v) is 2.59. The molecule has 0 bridgehead atoms. The predicted octanol–water partition coefficient (Wildman–Crippen LogP) is 1.73. The highest BCUT2D eigenvalue weighted by Crippen LogP contribution is 1.86. The molecule has 0 aromatic heterocycles. The number of nitrogens with zero attached hydrogens (tertiary/aromatic N) is 1. The molecule has 1 nitrogen and oxygen atoms in total. The third kappa shape index (κ3) is 7.99. The Balaban J connectivity index is 3.04. The molecule has 0 aliphatic heterocycles. The van der Waals surface area contributed by atoms with Gasteiger partial charge in [-0.1, -0.05) is 12.2 Å². The van der Waals surface area contributed by atoms with Gasteiger partial charge in [-0.15, -0.1) is 11.6 Å². The van der Waals surface area contributed by atoms with Gasteiger partial charge in [0, 0.05) is 12.4 Å². The summed E-state index contributed by atoms with van der Waals surface area (Å²) >= 11 is 5.45. The topological polar surface area (TPSA) is 3.24 Å². The highest BCUT2D eigenvalue weighted by molar-refractivity contribution is 6.17. The first-order valence-electron chi connectivity index (χ1n) is 3.13. The largest absolute Gasteiger partial charge is 0.306 e. The molecule has 0 amide bonds. The number of likely N-dealkylation sites (N-methyl/N-ethyl adjacent to an activating group) is 1. The number of alkyl halides is 1. The predicted molar refractivity (Wildman–Crippen MR) is 43.0 cm³/mol. The van der Waals surface area contributed by atoms with E-state index in [1.165, 1.54) is 0 Å². The van der Waals surface area contributed by atoms with E-state index in [4.69, 9.17) is 11.6 Å². The normalized spacial score (nSPS) is 11.6. The van der Waals surface area contributed by atoms with Crippen LogP contribution in [0.25, 0.3) is 0 Å². The molecule has 0 atom stereocenters. The quantitative estimate of drug-likeness (QED) is 0.433. The lowest BCUT2D eigenvalue weighted by atomic mass is 10.4. The summed E-state index contributed by atoms with van der Waals surface area (Å²) in [5.74, 6) is 0.726. The molecule has 0 aliphatic carbocycles. The first-order valence-corrected chi connectivity index (χ1v) is 3.66. The molecule has 0 aliphatic rings. The highest BCUT2D eigenvalue weighted by atomic mass is 35.5. The van der Waals surface area contributed by atoms with E-state index in [9.17, 15) is 0 Å². The molecule has 0 N–H and O–H groups in total. The molecule has 0 saturated carbocycles. The maximum atomic E-state index is 5.45. The first-order chi connectivity index (χ1) is 4.27. The van der Waals surface area contributed by atoms with Crippen LogP contribution in [-0.2, 0) is 0 Å². The van der Waals surface area contributed by atoms with E-state index >= 15 is 0 Å². The van der Waals surface area contributed by atoms with Gasteiger partial charge in [-0.05, 0) is 20.5 Å². The van der Waals surface area contributed by atoms with E-state index in [0.717, 1.165) is 18.8 Å². The number of halogens is 1. The molecule has 9 heavy (non-hydrogen) atoms. The molecule has 0 spiro atoms. The minimum atomic E-state index is 0.726. The summed E-state index contributed by atoms with van der Waals surface area (Å²) < 4.78 is 0. The average Bonchev–Trinajstić information content (AvgIpc) is 1.80. The van der Waals surface area contributed by atoms with Gasteiger partial charge < -0.3 is 4.90 Å². The summed E-state index contributed by atoms with van der Waals surface area (Å²) in [6.07, 6.45) is 5.21. The second-order valence-electron chi connectivity index (χ2n) is 2.21. The molecule has 0 heterocycles. The van der Waals surface area contributed by atoms with Crippen molar-refractivity contribution in [3.8, 4) is 0 Å². The van der Waals surface area contributed by atoms with Crippen LogP contribution >= 0.6 is 11.6 Å². The zero-order valence-electron chi connectivity index (χ0n) is 6.10. The molecule has 0 aromatic carbocycles. The number of rotatable bonds is 4. The Labute approximate surface area is 62.3 Å². The van der Waals surface area contributed by atoms with Gasteiger partial charge in [0.1, 0.15) is 0 Å². The Hall–Kier alpha value is -0.0100. The molecule has 0 aromatic rings. The van der Waals surface area contributed by atoms with Gasteiger partial charge in [0.05, 0.1) is 0 Å². The molecule has 0 rings (SSSR count). The summed E-state index contributed by atoms with van der Waals surface area (Å²) in [6, 6.07) is 0. The third-order valence-corrected chi connectivity index (χ3v) is 1.13. The minimum Gasteiger partial charge on any atom is -0.306 e. The van der Waals surface area contributed by atoms with E-state index in [2.05, 4.69) is 17.1 Å². The van der Waals surface area contributed by atoms with E-state index in [-0.39, 0.29) is 0 Å². The molecular weight excluding hydrogens is 134 g/mol. The first kappa shape index (κ1) is 8.99. The van der Waals surface area contributed by atoms with Crippen LogP contribution < -0.4 is 0 Å². The van der Waals surface area contributed by atoms with Gasteiger partial charge in [-0.2, -0.15) is 0 Å². The zero-order chi connectivity index (χ0) is 7.11. The Morgan fingerprint density at radius 2 is 2.00 bits per heavy atom. The Bertz CT molecular complexity index is 79.0. The molecule has 54 valence electrons. The van der Waals surface area contributed by atoms with Crippen LogP contribution in [0, 0.1) is 0 Å². The molecule has 0 saturated heterocycles. The molecule has 2 heteroatoms. The molecule has 0 unspecified atom stereocenters. The smallest absolute Gasteiger partial charge is 0.0258 e. The van der Waals surface area contributed by atoms with Crippen LogP contribution in [0.3, 0.4) is 0 Å². The Morgan fingerprint density at radius 3 is 2.44 bits per heavy atom. The van der Waals surface area contributed by atoms with Crippen molar-refractivity contribution >= 4 is 11.6 Å². The SMILES string of the molecule is CN(C)C/C=C/CCCl. The minimum absolute atomic E-state index is 0.726. The number of allylic oxidation sites excluding steroid dienone is 1. The molecule has 0 fully saturated rings. The van der Waals surface area contributed by atoms with Gasteiger partial charge >= 0.3 is 0 Å². The van der Waals surface area contributed by atoms with E-state index < -0.39 is 0 Å². The van der Waals surface area contributed by atoms with E-state index in [0.29, 0.717) is 0 Å². The Kier molecular flexibility index (Phi) is 6.11. The third-order valence-electron chi connectivity index (χ3n) is 0.913. The Morgan fingerprint density at radius 1 is 1.33 bits per heavy atom. The summed E-state index contributed by atoms with van der Waals surface area (Å²) in [7, 11) is 4.09. The van der Waals surface area contributed by atoms with Gasteiger partial charge in [0.25, 0.3) is 0 Å². The monoisotopic (exact) mass is 147 g/mol. The number of hydrogen-bond donors (Lipinski definition) is 0. The molecule has 0 radical (unpaired) electrons. The summed E-state index contributed by atoms with van der Waals surface area (Å²) in [5.41, 5.74) is 0. The summed E-state index contributed by atoms with van der Waals surface area (Å²) in [6.45, 7) is 1.01.